The first-order valence-corrected chi connectivity index (χ1v) is 8.00. The molecule has 2 aliphatic heterocycles. The second-order valence-electron chi connectivity index (χ2n) is 6.37. The second-order valence-corrected chi connectivity index (χ2v) is 6.37. The molecular weight excluding hydrogens is 288 g/mol. The van der Waals surface area contributed by atoms with Crippen LogP contribution in [0.2, 0.25) is 0 Å². The summed E-state index contributed by atoms with van der Waals surface area (Å²) in [5.41, 5.74) is 4.70. The number of rotatable bonds is 3. The third kappa shape index (κ3) is 2.72. The Bertz CT molecular complexity index is 741. The van der Waals surface area contributed by atoms with Crippen molar-refractivity contribution in [2.24, 2.45) is 11.1 Å². The van der Waals surface area contributed by atoms with E-state index >= 15 is 0 Å². The normalized spacial score (nSPS) is 23.5. The molecule has 3 heterocycles. The van der Waals surface area contributed by atoms with E-state index in [4.69, 9.17) is 4.84 Å². The first-order chi connectivity index (χ1) is 11.2. The smallest absolute Gasteiger partial charge is 0.149 e. The second kappa shape index (κ2) is 5.74. The molecule has 1 aromatic heterocycles. The van der Waals surface area contributed by atoms with E-state index in [0.717, 1.165) is 36.7 Å². The number of hydrogen-bond donors (Lipinski definition) is 0. The summed E-state index contributed by atoms with van der Waals surface area (Å²) in [6.45, 7) is 6.76. The van der Waals surface area contributed by atoms with Crippen LogP contribution in [0.15, 0.2) is 41.8 Å². The molecule has 4 rings (SSSR count). The number of likely N-dealkylation sites (tertiary alicyclic amines) is 1. The molecule has 23 heavy (non-hydrogen) atoms. The quantitative estimate of drug-likeness (QED) is 0.873. The zero-order chi connectivity index (χ0) is 15.8. The van der Waals surface area contributed by atoms with Gasteiger partial charge in [-0.15, -0.1) is 0 Å². The van der Waals surface area contributed by atoms with E-state index in [-0.39, 0.29) is 6.10 Å². The van der Waals surface area contributed by atoms with Crippen molar-refractivity contribution in [2.45, 2.75) is 26.5 Å². The average Bonchev–Trinajstić information content (AvgIpc) is 3.10. The molecule has 1 saturated heterocycles. The zero-order valence-electron chi connectivity index (χ0n) is 13.4. The fraction of sp³-hybridized carbons (Fsp3) is 0.389. The summed E-state index contributed by atoms with van der Waals surface area (Å²) in [5, 5.41) is 4.37. The Kier molecular flexibility index (Phi) is 3.58. The number of fused-ring (bicyclic) bond motifs is 1. The van der Waals surface area contributed by atoms with Crippen LogP contribution in [0, 0.1) is 19.8 Å². The Hall–Kier alpha value is -2.27. The van der Waals surface area contributed by atoms with Crippen molar-refractivity contribution in [2.75, 3.05) is 13.1 Å². The lowest BCUT2D eigenvalue weighted by Gasteiger charge is -2.16. The molecule has 0 amide bonds. The molecule has 2 aromatic rings. The van der Waals surface area contributed by atoms with Crippen molar-refractivity contribution >= 4 is 5.71 Å². The number of oxime groups is 1. The van der Waals surface area contributed by atoms with Crippen molar-refractivity contribution in [3.63, 3.8) is 0 Å². The van der Waals surface area contributed by atoms with Gasteiger partial charge in [0.1, 0.15) is 11.9 Å². The van der Waals surface area contributed by atoms with Gasteiger partial charge in [-0.1, -0.05) is 29.4 Å². The van der Waals surface area contributed by atoms with Gasteiger partial charge in [0.15, 0.2) is 0 Å². The minimum absolute atomic E-state index is 0.163. The van der Waals surface area contributed by atoms with Gasteiger partial charge in [0.25, 0.3) is 0 Å². The summed E-state index contributed by atoms with van der Waals surface area (Å²) in [6, 6.07) is 8.39. The SMILES string of the molecule is Cc1ncc(CN2C[C@H]3ON=C(c4ccccc4C)[C@@H]3C2)cn1. The highest BCUT2D eigenvalue weighted by Gasteiger charge is 2.42. The highest BCUT2D eigenvalue weighted by molar-refractivity contribution is 6.04. The highest BCUT2D eigenvalue weighted by Crippen LogP contribution is 2.31. The van der Waals surface area contributed by atoms with Crippen LogP contribution in [0.4, 0.5) is 0 Å². The molecular formula is C18H20N4O. The van der Waals surface area contributed by atoms with E-state index in [2.05, 4.69) is 51.2 Å². The van der Waals surface area contributed by atoms with Crippen LogP contribution >= 0.6 is 0 Å². The largest absolute Gasteiger partial charge is 0.390 e. The lowest BCUT2D eigenvalue weighted by atomic mass is 9.92. The molecule has 0 bridgehead atoms. The first-order valence-electron chi connectivity index (χ1n) is 8.00. The lowest BCUT2D eigenvalue weighted by molar-refractivity contribution is 0.0745. The third-order valence-electron chi connectivity index (χ3n) is 4.64. The molecule has 0 unspecified atom stereocenters. The van der Waals surface area contributed by atoms with Gasteiger partial charge in [-0.2, -0.15) is 0 Å². The summed E-state index contributed by atoms with van der Waals surface area (Å²) < 4.78 is 0. The Morgan fingerprint density at radius 1 is 1.13 bits per heavy atom. The predicted molar refractivity (Wildman–Crippen MR) is 88.1 cm³/mol. The van der Waals surface area contributed by atoms with Gasteiger partial charge in [0.2, 0.25) is 0 Å². The average molecular weight is 308 g/mol. The standard InChI is InChI=1S/C18H20N4O/c1-12-5-3-4-6-15(12)18-16-10-22(11-17(16)23-21-18)9-14-7-19-13(2)20-8-14/h3-8,16-17H,9-11H2,1-2H3/t16-,17-/m1/s1. The maximum absolute atomic E-state index is 5.70. The minimum atomic E-state index is 0.163. The van der Waals surface area contributed by atoms with Crippen LogP contribution in [0.5, 0.6) is 0 Å². The highest BCUT2D eigenvalue weighted by atomic mass is 16.6. The Labute approximate surface area is 136 Å². The molecule has 5 nitrogen and oxygen atoms in total. The maximum Gasteiger partial charge on any atom is 0.149 e. The molecule has 118 valence electrons. The number of benzene rings is 1. The predicted octanol–water partition coefficient (Wildman–Crippen LogP) is 2.33. The topological polar surface area (TPSA) is 50.6 Å². The van der Waals surface area contributed by atoms with E-state index in [9.17, 15) is 0 Å². The lowest BCUT2D eigenvalue weighted by Crippen LogP contribution is -2.23. The van der Waals surface area contributed by atoms with E-state index < -0.39 is 0 Å². The van der Waals surface area contributed by atoms with Gasteiger partial charge in [-0.25, -0.2) is 9.97 Å². The zero-order valence-corrected chi connectivity index (χ0v) is 13.4. The van der Waals surface area contributed by atoms with Crippen LogP contribution < -0.4 is 0 Å². The van der Waals surface area contributed by atoms with Crippen LogP contribution in [0.25, 0.3) is 0 Å². The Morgan fingerprint density at radius 2 is 1.91 bits per heavy atom. The van der Waals surface area contributed by atoms with Gasteiger partial charge >= 0.3 is 0 Å². The van der Waals surface area contributed by atoms with Crippen LogP contribution in [-0.4, -0.2) is 39.8 Å². The fourth-order valence-electron chi connectivity index (χ4n) is 3.41. The Morgan fingerprint density at radius 3 is 2.70 bits per heavy atom. The van der Waals surface area contributed by atoms with Gasteiger partial charge < -0.3 is 4.84 Å². The summed E-state index contributed by atoms with van der Waals surface area (Å²) in [4.78, 5) is 16.6. The monoisotopic (exact) mass is 308 g/mol. The molecule has 0 radical (unpaired) electrons. The molecule has 1 fully saturated rings. The van der Waals surface area contributed by atoms with Crippen LogP contribution in [0.1, 0.15) is 22.5 Å². The van der Waals surface area contributed by atoms with Gasteiger partial charge in [-0.05, 0) is 19.4 Å². The van der Waals surface area contributed by atoms with Crippen molar-refractivity contribution in [3.05, 3.63) is 59.2 Å². The van der Waals surface area contributed by atoms with Gasteiger partial charge in [0.05, 0.1) is 11.6 Å². The van der Waals surface area contributed by atoms with E-state index in [1.54, 1.807) is 0 Å². The van der Waals surface area contributed by atoms with E-state index in [0.29, 0.717) is 5.92 Å². The molecule has 2 atom stereocenters. The molecule has 5 heteroatoms. The van der Waals surface area contributed by atoms with Crippen molar-refractivity contribution in [1.82, 2.24) is 14.9 Å². The summed E-state index contributed by atoms with van der Waals surface area (Å²) in [6.07, 6.45) is 3.98. The summed E-state index contributed by atoms with van der Waals surface area (Å²) in [5.74, 6) is 1.16. The van der Waals surface area contributed by atoms with Crippen molar-refractivity contribution in [3.8, 4) is 0 Å². The molecule has 0 saturated carbocycles. The first kappa shape index (κ1) is 14.3. The van der Waals surface area contributed by atoms with Gasteiger partial charge in [-0.3, -0.25) is 4.90 Å². The number of nitrogens with zero attached hydrogens (tertiary/aromatic N) is 4. The van der Waals surface area contributed by atoms with Crippen molar-refractivity contribution < 1.29 is 4.84 Å². The van der Waals surface area contributed by atoms with Crippen LogP contribution in [0.3, 0.4) is 0 Å². The molecule has 2 aliphatic rings. The minimum Gasteiger partial charge on any atom is -0.390 e. The van der Waals surface area contributed by atoms with Gasteiger partial charge in [0, 0.05) is 43.2 Å². The van der Waals surface area contributed by atoms with E-state index in [1.807, 2.05) is 19.3 Å². The third-order valence-corrected chi connectivity index (χ3v) is 4.64. The Balaban J connectivity index is 1.49. The summed E-state index contributed by atoms with van der Waals surface area (Å²) >= 11 is 0. The van der Waals surface area contributed by atoms with Crippen molar-refractivity contribution in [1.29, 1.82) is 0 Å². The van der Waals surface area contributed by atoms with Crippen LogP contribution in [-0.2, 0) is 11.4 Å². The number of hydrogen-bond acceptors (Lipinski definition) is 5. The molecule has 0 spiro atoms. The fourth-order valence-corrected chi connectivity index (χ4v) is 3.41. The molecule has 0 N–H and O–H groups in total. The van der Waals surface area contributed by atoms with E-state index in [1.165, 1.54) is 11.1 Å². The summed E-state index contributed by atoms with van der Waals surface area (Å²) in [7, 11) is 0. The number of aromatic nitrogens is 2. The molecule has 1 aromatic carbocycles. The molecule has 0 aliphatic carbocycles. The number of aryl methyl sites for hydroxylation is 2. The maximum atomic E-state index is 5.70.